The number of nitrogens with one attached hydrogen (secondary N) is 1. The zero-order valence-electron chi connectivity index (χ0n) is 14.4. The SMILES string of the molecule is CC(NCc1sc(N2CCCC2)nc1Cl)c1nc(-c2ccncc2)no1. The summed E-state index contributed by atoms with van der Waals surface area (Å²) in [4.78, 5) is 16.3. The van der Waals surface area contributed by atoms with Crippen molar-refractivity contribution in [2.24, 2.45) is 0 Å². The highest BCUT2D eigenvalue weighted by molar-refractivity contribution is 7.16. The number of aromatic nitrogens is 4. The van der Waals surface area contributed by atoms with Crippen LogP contribution in [0.4, 0.5) is 5.13 Å². The van der Waals surface area contributed by atoms with Gasteiger partial charge in [0.2, 0.25) is 11.7 Å². The number of nitrogens with zero attached hydrogens (tertiary/aromatic N) is 5. The first-order valence-electron chi connectivity index (χ1n) is 8.58. The van der Waals surface area contributed by atoms with E-state index in [2.05, 4.69) is 30.3 Å². The molecule has 7 nitrogen and oxygen atoms in total. The van der Waals surface area contributed by atoms with Gasteiger partial charge in [-0.25, -0.2) is 4.98 Å². The number of rotatable bonds is 6. The molecule has 0 radical (unpaired) electrons. The first-order chi connectivity index (χ1) is 12.7. The van der Waals surface area contributed by atoms with Crippen molar-refractivity contribution in [2.75, 3.05) is 18.0 Å². The van der Waals surface area contributed by atoms with E-state index in [-0.39, 0.29) is 6.04 Å². The van der Waals surface area contributed by atoms with E-state index in [9.17, 15) is 0 Å². The predicted octanol–water partition coefficient (Wildman–Crippen LogP) is 3.69. The number of hydrogen-bond acceptors (Lipinski definition) is 8. The molecule has 0 spiro atoms. The van der Waals surface area contributed by atoms with Crippen LogP contribution >= 0.6 is 22.9 Å². The van der Waals surface area contributed by atoms with Crippen LogP contribution in [0, 0.1) is 0 Å². The van der Waals surface area contributed by atoms with Gasteiger partial charge >= 0.3 is 0 Å². The largest absolute Gasteiger partial charge is 0.348 e. The molecule has 26 heavy (non-hydrogen) atoms. The van der Waals surface area contributed by atoms with Gasteiger partial charge in [0.1, 0.15) is 5.15 Å². The van der Waals surface area contributed by atoms with Crippen molar-refractivity contribution in [3.8, 4) is 11.4 Å². The second-order valence-electron chi connectivity index (χ2n) is 6.20. The molecule has 3 aromatic rings. The molecule has 1 fully saturated rings. The average molecular weight is 391 g/mol. The van der Waals surface area contributed by atoms with E-state index in [4.69, 9.17) is 16.1 Å². The minimum Gasteiger partial charge on any atom is -0.348 e. The fraction of sp³-hybridized carbons (Fsp3) is 0.412. The molecule has 1 saturated heterocycles. The minimum atomic E-state index is -0.0912. The smallest absolute Gasteiger partial charge is 0.243 e. The summed E-state index contributed by atoms with van der Waals surface area (Å²) >= 11 is 7.96. The highest BCUT2D eigenvalue weighted by atomic mass is 35.5. The third-order valence-electron chi connectivity index (χ3n) is 4.33. The van der Waals surface area contributed by atoms with Gasteiger partial charge in [0.05, 0.1) is 10.9 Å². The van der Waals surface area contributed by atoms with Crippen LogP contribution in [0.3, 0.4) is 0 Å². The molecule has 0 aromatic carbocycles. The summed E-state index contributed by atoms with van der Waals surface area (Å²) in [5, 5.41) is 9.00. The van der Waals surface area contributed by atoms with E-state index in [1.54, 1.807) is 23.7 Å². The van der Waals surface area contributed by atoms with Crippen molar-refractivity contribution in [2.45, 2.75) is 32.4 Å². The van der Waals surface area contributed by atoms with E-state index in [0.717, 1.165) is 28.7 Å². The lowest BCUT2D eigenvalue weighted by atomic mass is 10.2. The lowest BCUT2D eigenvalue weighted by molar-refractivity contribution is 0.339. The molecule has 0 aliphatic carbocycles. The zero-order chi connectivity index (χ0) is 17.9. The van der Waals surface area contributed by atoms with Gasteiger partial charge in [0.25, 0.3) is 0 Å². The fourth-order valence-electron chi connectivity index (χ4n) is 2.84. The van der Waals surface area contributed by atoms with Gasteiger partial charge in [0.15, 0.2) is 5.13 Å². The van der Waals surface area contributed by atoms with Crippen molar-refractivity contribution in [3.63, 3.8) is 0 Å². The molecule has 136 valence electrons. The Balaban J connectivity index is 1.40. The summed E-state index contributed by atoms with van der Waals surface area (Å²) in [7, 11) is 0. The summed E-state index contributed by atoms with van der Waals surface area (Å²) in [5.74, 6) is 1.10. The van der Waals surface area contributed by atoms with E-state index < -0.39 is 0 Å². The molecule has 4 rings (SSSR count). The average Bonchev–Trinajstić information content (AvgIpc) is 3.41. The van der Waals surface area contributed by atoms with Gasteiger partial charge in [-0.2, -0.15) is 4.98 Å². The molecule has 4 heterocycles. The number of pyridine rings is 1. The summed E-state index contributed by atoms with van der Waals surface area (Å²) in [6.07, 6.45) is 5.85. The summed E-state index contributed by atoms with van der Waals surface area (Å²) in [6, 6.07) is 3.61. The van der Waals surface area contributed by atoms with Crippen LogP contribution in [-0.4, -0.2) is 33.2 Å². The monoisotopic (exact) mass is 390 g/mol. The molecule has 9 heteroatoms. The molecule has 0 saturated carbocycles. The van der Waals surface area contributed by atoms with Gasteiger partial charge in [0, 0.05) is 37.6 Å². The van der Waals surface area contributed by atoms with E-state index in [1.165, 1.54) is 12.8 Å². The summed E-state index contributed by atoms with van der Waals surface area (Å²) in [5.41, 5.74) is 0.878. The van der Waals surface area contributed by atoms with Crippen molar-refractivity contribution in [1.29, 1.82) is 0 Å². The number of anilines is 1. The number of thiazole rings is 1. The fourth-order valence-corrected chi connectivity index (χ4v) is 4.10. The Bertz CT molecular complexity index is 861. The maximum atomic E-state index is 6.31. The molecule has 3 aromatic heterocycles. The molecular formula is C17H19ClN6OS. The standard InChI is InChI=1S/C17H19ClN6OS/c1-11(16-22-15(23-25-16)12-4-6-19-7-5-12)20-10-13-14(18)21-17(26-13)24-8-2-3-9-24/h4-7,11,20H,2-3,8-10H2,1H3. The van der Waals surface area contributed by atoms with Crippen LogP contribution < -0.4 is 10.2 Å². The topological polar surface area (TPSA) is 80.0 Å². The Morgan fingerprint density at radius 3 is 2.81 bits per heavy atom. The molecule has 0 bridgehead atoms. The highest BCUT2D eigenvalue weighted by Crippen LogP contribution is 2.32. The Morgan fingerprint density at radius 2 is 2.04 bits per heavy atom. The Labute approximate surface area is 160 Å². The Kier molecular flexibility index (Phi) is 5.14. The molecule has 1 N–H and O–H groups in total. The van der Waals surface area contributed by atoms with Crippen LogP contribution in [0.25, 0.3) is 11.4 Å². The molecule has 0 amide bonds. The number of halogens is 1. The minimum absolute atomic E-state index is 0.0912. The molecule has 1 aliphatic heterocycles. The van der Waals surface area contributed by atoms with Gasteiger partial charge in [-0.15, -0.1) is 0 Å². The molecular weight excluding hydrogens is 372 g/mol. The lowest BCUT2D eigenvalue weighted by Gasteiger charge is -2.12. The zero-order valence-corrected chi connectivity index (χ0v) is 15.9. The third kappa shape index (κ3) is 3.72. The predicted molar refractivity (Wildman–Crippen MR) is 101 cm³/mol. The van der Waals surface area contributed by atoms with Crippen LogP contribution in [0.5, 0.6) is 0 Å². The third-order valence-corrected chi connectivity index (χ3v) is 5.88. The first-order valence-corrected chi connectivity index (χ1v) is 9.77. The van der Waals surface area contributed by atoms with Crippen molar-refractivity contribution in [1.82, 2.24) is 25.4 Å². The van der Waals surface area contributed by atoms with Crippen LogP contribution in [0.1, 0.15) is 36.6 Å². The van der Waals surface area contributed by atoms with Gasteiger partial charge < -0.3 is 14.7 Å². The van der Waals surface area contributed by atoms with Crippen molar-refractivity contribution < 1.29 is 4.52 Å². The second-order valence-corrected chi connectivity index (χ2v) is 7.62. The van der Waals surface area contributed by atoms with Gasteiger partial charge in [-0.05, 0) is 31.9 Å². The van der Waals surface area contributed by atoms with Crippen molar-refractivity contribution in [3.05, 3.63) is 40.4 Å². The Hall–Kier alpha value is -2.03. The maximum Gasteiger partial charge on any atom is 0.243 e. The highest BCUT2D eigenvalue weighted by Gasteiger charge is 2.20. The van der Waals surface area contributed by atoms with Crippen LogP contribution in [-0.2, 0) is 6.54 Å². The Morgan fingerprint density at radius 1 is 1.27 bits per heavy atom. The van der Waals surface area contributed by atoms with E-state index >= 15 is 0 Å². The van der Waals surface area contributed by atoms with E-state index in [1.807, 2.05) is 19.1 Å². The maximum absolute atomic E-state index is 6.31. The molecule has 1 aliphatic rings. The summed E-state index contributed by atoms with van der Waals surface area (Å²) in [6.45, 7) is 4.72. The van der Waals surface area contributed by atoms with Crippen LogP contribution in [0.15, 0.2) is 29.0 Å². The molecule has 1 unspecified atom stereocenters. The number of hydrogen-bond donors (Lipinski definition) is 1. The molecule has 1 atom stereocenters. The van der Waals surface area contributed by atoms with Crippen LogP contribution in [0.2, 0.25) is 5.15 Å². The first kappa shape index (κ1) is 17.4. The summed E-state index contributed by atoms with van der Waals surface area (Å²) < 4.78 is 5.39. The lowest BCUT2D eigenvalue weighted by Crippen LogP contribution is -2.18. The normalized spacial score (nSPS) is 15.5. The van der Waals surface area contributed by atoms with E-state index in [0.29, 0.717) is 23.4 Å². The van der Waals surface area contributed by atoms with Crippen molar-refractivity contribution >= 4 is 28.1 Å². The van der Waals surface area contributed by atoms with Gasteiger partial charge in [-0.1, -0.05) is 28.1 Å². The second kappa shape index (κ2) is 7.69. The van der Waals surface area contributed by atoms with Gasteiger partial charge in [-0.3, -0.25) is 4.98 Å². The quantitative estimate of drug-likeness (QED) is 0.687.